The largest absolute Gasteiger partial charge is 0.572 e. The quantitative estimate of drug-likeness (QED) is 0.487. The van der Waals surface area contributed by atoms with Gasteiger partial charge in [0.2, 0.25) is 0 Å². The van der Waals surface area contributed by atoms with Gasteiger partial charge >= 0.3 is 15.6 Å². The van der Waals surface area contributed by atoms with E-state index in [9.17, 15) is 21.6 Å². The zero-order valence-electron chi connectivity index (χ0n) is 10.4. The average Bonchev–Trinajstić information content (AvgIpc) is 2.26. The highest BCUT2D eigenvalue weighted by molar-refractivity contribution is 8.31. The molecule has 1 aromatic rings. The molecule has 0 aliphatic carbocycles. The van der Waals surface area contributed by atoms with Crippen molar-refractivity contribution in [3.63, 3.8) is 0 Å². The van der Waals surface area contributed by atoms with E-state index in [-0.39, 0.29) is 0 Å². The topological polar surface area (TPSA) is 56.2 Å². The molecule has 4 nitrogen and oxygen atoms in total. The highest BCUT2D eigenvalue weighted by Crippen LogP contribution is 2.51. The zero-order valence-corrected chi connectivity index (χ0v) is 12.1. The van der Waals surface area contributed by atoms with Crippen LogP contribution in [-0.2, 0) is 10.1 Å². The molecule has 1 N–H and O–H groups in total. The van der Waals surface area contributed by atoms with Gasteiger partial charge in [-0.3, -0.25) is 3.63 Å². The molecular formula is C10H14F3O4S2+. The van der Waals surface area contributed by atoms with Crippen molar-refractivity contribution < 1.29 is 30.0 Å². The molecule has 0 amide bonds. The van der Waals surface area contributed by atoms with Crippen LogP contribution in [0.4, 0.5) is 13.2 Å². The Morgan fingerprint density at radius 1 is 1.11 bits per heavy atom. The number of rotatable bonds is 4. The summed E-state index contributed by atoms with van der Waals surface area (Å²) >= 11 is 0. The van der Waals surface area contributed by atoms with E-state index in [2.05, 4.69) is 3.63 Å². The molecule has 0 aliphatic heterocycles. The Morgan fingerprint density at radius 2 is 1.58 bits per heavy atom. The fourth-order valence-corrected chi connectivity index (χ4v) is 4.69. The summed E-state index contributed by atoms with van der Waals surface area (Å²) in [5.74, 6) is 0.526. The number of benzene rings is 1. The second-order valence-electron chi connectivity index (χ2n) is 3.94. The first-order chi connectivity index (χ1) is 8.49. The number of hydrogen-bond acceptors (Lipinski definition) is 3. The normalized spacial score (nSPS) is 14.2. The lowest BCUT2D eigenvalue weighted by Crippen LogP contribution is -2.29. The van der Waals surface area contributed by atoms with E-state index in [4.69, 9.17) is 4.74 Å². The van der Waals surface area contributed by atoms with Crippen molar-refractivity contribution >= 4 is 20.4 Å². The van der Waals surface area contributed by atoms with Gasteiger partial charge in [0.1, 0.15) is 5.75 Å². The van der Waals surface area contributed by atoms with Gasteiger partial charge < -0.3 is 4.74 Å². The molecule has 0 unspecified atom stereocenters. The molecule has 9 heteroatoms. The molecule has 0 bridgehead atoms. The van der Waals surface area contributed by atoms with E-state index < -0.39 is 25.9 Å². The maximum absolute atomic E-state index is 12.3. The Hall–Kier alpha value is -0.930. The first-order valence-electron chi connectivity index (χ1n) is 4.92. The number of hydrogen-bond donors (Lipinski definition) is 0. The van der Waals surface area contributed by atoms with Crippen molar-refractivity contribution in [3.8, 4) is 5.75 Å². The summed E-state index contributed by atoms with van der Waals surface area (Å²) in [7, 11) is -6.50. The van der Waals surface area contributed by atoms with Crippen LogP contribution in [-0.4, -0.2) is 37.2 Å². The van der Waals surface area contributed by atoms with Crippen LogP contribution in [0.3, 0.4) is 0 Å². The fourth-order valence-electron chi connectivity index (χ4n) is 1.24. The number of halogens is 3. The highest BCUT2D eigenvalue weighted by atomic mass is 32.3. The summed E-state index contributed by atoms with van der Waals surface area (Å²) in [6, 6.07) is 6.09. The van der Waals surface area contributed by atoms with Crippen molar-refractivity contribution in [2.75, 3.05) is 19.6 Å². The number of ether oxygens (including phenoxy) is 1. The maximum Gasteiger partial charge on any atom is 0.572 e. The fraction of sp³-hybridized carbons (Fsp3) is 0.400. The van der Waals surface area contributed by atoms with Crippen LogP contribution >= 0.6 is 10.3 Å². The Kier molecular flexibility index (Phi) is 4.43. The summed E-state index contributed by atoms with van der Waals surface area (Å²) in [6.45, 7) is 0. The van der Waals surface area contributed by atoms with E-state index in [1.807, 2.05) is 0 Å². The Labute approximate surface area is 111 Å². The third kappa shape index (κ3) is 3.77. The van der Waals surface area contributed by atoms with Gasteiger partial charge in [-0.2, -0.15) is 13.2 Å². The van der Waals surface area contributed by atoms with Crippen molar-refractivity contribution in [2.45, 2.75) is 10.4 Å². The predicted molar refractivity (Wildman–Crippen MR) is 68.3 cm³/mol. The summed E-state index contributed by atoms with van der Waals surface area (Å²) in [6.07, 6.45) is 2.75. The number of methoxy groups -OCH3 is 1. The van der Waals surface area contributed by atoms with Crippen LogP contribution in [0, 0.1) is 0 Å². The van der Waals surface area contributed by atoms with Gasteiger partial charge in [0.25, 0.3) is 0 Å². The minimum atomic E-state index is -5.49. The third-order valence-electron chi connectivity index (χ3n) is 2.21. The van der Waals surface area contributed by atoms with E-state index in [0.29, 0.717) is 10.6 Å². The molecule has 0 spiro atoms. The minimum absolute atomic E-state index is 0.418. The first kappa shape index (κ1) is 16.1. The van der Waals surface area contributed by atoms with Crippen LogP contribution in [0.25, 0.3) is 0 Å². The molecule has 0 fully saturated rings. The van der Waals surface area contributed by atoms with Gasteiger partial charge in [-0.15, -0.1) is 8.42 Å². The second kappa shape index (κ2) is 5.22. The van der Waals surface area contributed by atoms with Crippen LogP contribution < -0.4 is 4.74 Å². The molecule has 0 saturated carbocycles. The standard InChI is InChI=1S/C10H13F3O4S2/c1-16-8-4-6-9(7-5-8)18(2,3)17-19(14,15)10(11,12)13/h4-7H,1-3H3/p+1. The molecule has 0 saturated heterocycles. The van der Waals surface area contributed by atoms with Crippen molar-refractivity contribution in [1.29, 1.82) is 0 Å². The van der Waals surface area contributed by atoms with Crippen molar-refractivity contribution in [3.05, 3.63) is 24.3 Å². The maximum atomic E-state index is 12.3. The molecule has 0 heterocycles. The Morgan fingerprint density at radius 3 is 1.95 bits per heavy atom. The lowest BCUT2D eigenvalue weighted by Gasteiger charge is -2.25. The van der Waals surface area contributed by atoms with Gasteiger partial charge in [-0.25, -0.2) is 0 Å². The summed E-state index contributed by atoms with van der Waals surface area (Å²) in [5.41, 5.74) is -5.37. The Balaban J connectivity index is 3.04. The van der Waals surface area contributed by atoms with Gasteiger partial charge in [0.05, 0.1) is 12.0 Å². The molecule has 1 aromatic carbocycles. The van der Waals surface area contributed by atoms with E-state index in [1.165, 1.54) is 31.8 Å². The van der Waals surface area contributed by atoms with Gasteiger partial charge in [0.15, 0.2) is 0 Å². The minimum Gasteiger partial charge on any atom is -0.497 e. The van der Waals surface area contributed by atoms with Gasteiger partial charge in [-0.05, 0) is 24.3 Å². The molecule has 0 aliphatic rings. The van der Waals surface area contributed by atoms with Crippen LogP contribution in [0.15, 0.2) is 29.2 Å². The monoisotopic (exact) mass is 319 g/mol. The molecule has 0 radical (unpaired) electrons. The second-order valence-corrected chi connectivity index (χ2v) is 8.97. The van der Waals surface area contributed by atoms with E-state index in [0.717, 1.165) is 0 Å². The van der Waals surface area contributed by atoms with E-state index in [1.54, 1.807) is 12.1 Å². The van der Waals surface area contributed by atoms with Gasteiger partial charge in [-0.1, -0.05) is 0 Å². The zero-order chi connectivity index (χ0) is 14.9. The van der Waals surface area contributed by atoms with Crippen LogP contribution in [0.1, 0.15) is 0 Å². The van der Waals surface area contributed by atoms with Crippen molar-refractivity contribution in [1.82, 2.24) is 0 Å². The van der Waals surface area contributed by atoms with Gasteiger partial charge in [0, 0.05) is 22.8 Å². The van der Waals surface area contributed by atoms with E-state index >= 15 is 0 Å². The third-order valence-corrected chi connectivity index (χ3v) is 6.50. The summed E-state index contributed by atoms with van der Waals surface area (Å²) in [4.78, 5) is 0.418. The lowest BCUT2D eigenvalue weighted by molar-refractivity contribution is -0.0539. The molecular weight excluding hydrogens is 305 g/mol. The highest BCUT2D eigenvalue weighted by Gasteiger charge is 2.55. The molecule has 1 rings (SSSR count). The first-order valence-corrected chi connectivity index (χ1v) is 8.77. The van der Waals surface area contributed by atoms with Crippen molar-refractivity contribution in [2.24, 2.45) is 0 Å². The SMILES string of the molecule is COc1ccc(S(C)(C)[OH+]S(=O)(=O)C(F)(F)F)cc1. The average molecular weight is 319 g/mol. The predicted octanol–water partition coefficient (Wildman–Crippen LogP) is 2.98. The Bertz CT molecular complexity index is 535. The molecule has 0 aromatic heterocycles. The van der Waals surface area contributed by atoms with Crippen LogP contribution in [0.2, 0.25) is 0 Å². The lowest BCUT2D eigenvalue weighted by atomic mass is 10.3. The summed E-state index contributed by atoms with van der Waals surface area (Å²) in [5, 5.41) is 0. The number of alkyl halides is 3. The molecule has 0 atom stereocenters. The smallest absolute Gasteiger partial charge is 0.497 e. The molecule has 19 heavy (non-hydrogen) atoms. The molecule has 110 valence electrons. The van der Waals surface area contributed by atoms with Crippen LogP contribution in [0.5, 0.6) is 5.75 Å². The summed E-state index contributed by atoms with van der Waals surface area (Å²) < 4.78 is 67.0.